The van der Waals surface area contributed by atoms with Crippen LogP contribution in [0.1, 0.15) is 23.6 Å². The molecule has 0 bridgehead atoms. The number of ether oxygens (including phenoxy) is 1. The molecule has 24 heavy (non-hydrogen) atoms. The lowest BCUT2D eigenvalue weighted by Crippen LogP contribution is -2.24. The monoisotopic (exact) mass is 337 g/mol. The topological polar surface area (TPSA) is 50.5 Å². The van der Waals surface area contributed by atoms with Gasteiger partial charge in [-0.25, -0.2) is 8.78 Å². The number of benzene rings is 1. The van der Waals surface area contributed by atoms with Gasteiger partial charge in [0.1, 0.15) is 11.6 Å². The molecule has 0 saturated carbocycles. The number of halogens is 2. The fraction of sp³-hybridized carbons (Fsp3) is 0.471. The molecule has 1 saturated heterocycles. The van der Waals surface area contributed by atoms with E-state index in [4.69, 9.17) is 4.74 Å². The summed E-state index contributed by atoms with van der Waals surface area (Å²) in [5.74, 6) is -0.920. The molecule has 7 heteroatoms. The summed E-state index contributed by atoms with van der Waals surface area (Å²) < 4.78 is 34.4. The van der Waals surface area contributed by atoms with Gasteiger partial charge in [0, 0.05) is 43.6 Å². The highest BCUT2D eigenvalue weighted by Crippen LogP contribution is 2.35. The summed E-state index contributed by atoms with van der Waals surface area (Å²) in [6, 6.07) is 3.11. The van der Waals surface area contributed by atoms with Crippen molar-refractivity contribution in [2.75, 3.05) is 20.3 Å². The molecule has 2 atom stereocenters. The number of rotatable bonds is 6. The van der Waals surface area contributed by atoms with E-state index in [1.807, 2.05) is 11.1 Å². The number of β-amino-alcohol motifs (C(OH)–C–C–N with tert-alkyl or cyclic N) is 1. The third kappa shape index (κ3) is 3.80. The van der Waals surface area contributed by atoms with Crippen molar-refractivity contribution >= 4 is 0 Å². The second-order valence-corrected chi connectivity index (χ2v) is 6.11. The molecule has 2 heterocycles. The maximum Gasteiger partial charge on any atom is 0.128 e. The average Bonchev–Trinajstić information content (AvgIpc) is 3.14. The van der Waals surface area contributed by atoms with E-state index in [1.165, 1.54) is 6.07 Å². The molecule has 130 valence electrons. The molecule has 1 aliphatic rings. The van der Waals surface area contributed by atoms with Crippen molar-refractivity contribution < 1.29 is 18.6 Å². The van der Waals surface area contributed by atoms with Gasteiger partial charge in [-0.1, -0.05) is 0 Å². The van der Waals surface area contributed by atoms with Gasteiger partial charge in [-0.05, 0) is 24.6 Å². The molecule has 5 nitrogen and oxygen atoms in total. The Morgan fingerprint density at radius 1 is 1.38 bits per heavy atom. The van der Waals surface area contributed by atoms with Gasteiger partial charge in [0.2, 0.25) is 0 Å². The summed E-state index contributed by atoms with van der Waals surface area (Å²) in [4.78, 5) is 1.96. The quantitative estimate of drug-likeness (QED) is 0.877. The Morgan fingerprint density at radius 3 is 3.00 bits per heavy atom. The van der Waals surface area contributed by atoms with Crippen molar-refractivity contribution in [3.05, 3.63) is 53.4 Å². The van der Waals surface area contributed by atoms with E-state index in [0.29, 0.717) is 38.2 Å². The lowest BCUT2D eigenvalue weighted by Gasteiger charge is -2.24. The van der Waals surface area contributed by atoms with E-state index in [1.54, 1.807) is 18.0 Å². The molecular formula is C17H21F2N3O2. The van der Waals surface area contributed by atoms with E-state index < -0.39 is 17.7 Å². The number of hydrogen-bond acceptors (Lipinski definition) is 4. The van der Waals surface area contributed by atoms with Crippen LogP contribution in [0, 0.1) is 11.6 Å². The zero-order valence-corrected chi connectivity index (χ0v) is 13.5. The Labute approximate surface area is 139 Å². The van der Waals surface area contributed by atoms with Crippen LogP contribution in [0.3, 0.4) is 0 Å². The largest absolute Gasteiger partial charge is 0.392 e. The van der Waals surface area contributed by atoms with Crippen LogP contribution in [0.15, 0.2) is 30.6 Å². The Kier molecular flexibility index (Phi) is 5.23. The molecule has 2 aromatic rings. The first-order valence-electron chi connectivity index (χ1n) is 7.94. The Morgan fingerprint density at radius 2 is 2.21 bits per heavy atom. The minimum atomic E-state index is -0.554. The van der Waals surface area contributed by atoms with E-state index >= 15 is 0 Å². The first-order valence-corrected chi connectivity index (χ1v) is 7.94. The molecule has 1 aromatic heterocycles. The molecule has 1 fully saturated rings. The molecule has 0 amide bonds. The maximum absolute atomic E-state index is 14.1. The highest BCUT2D eigenvalue weighted by atomic mass is 19.1. The average molecular weight is 337 g/mol. The van der Waals surface area contributed by atoms with Crippen molar-refractivity contribution in [3.8, 4) is 0 Å². The van der Waals surface area contributed by atoms with Crippen LogP contribution in [-0.2, 0) is 17.8 Å². The van der Waals surface area contributed by atoms with Gasteiger partial charge in [-0.2, -0.15) is 5.10 Å². The summed E-state index contributed by atoms with van der Waals surface area (Å²) in [6.07, 6.45) is 3.49. The molecule has 0 spiro atoms. The third-order valence-electron chi connectivity index (χ3n) is 4.30. The number of nitrogens with zero attached hydrogens (tertiary/aromatic N) is 3. The Bertz CT molecular complexity index is 692. The number of methoxy groups -OCH3 is 1. The summed E-state index contributed by atoms with van der Waals surface area (Å²) in [5, 5.41) is 14.3. The van der Waals surface area contributed by atoms with E-state index in [9.17, 15) is 13.9 Å². The highest BCUT2D eigenvalue weighted by Gasteiger charge is 2.34. The van der Waals surface area contributed by atoms with Crippen LogP contribution in [0.2, 0.25) is 0 Å². The van der Waals surface area contributed by atoms with Gasteiger partial charge < -0.3 is 9.84 Å². The molecule has 1 aromatic carbocycles. The second kappa shape index (κ2) is 7.38. The summed E-state index contributed by atoms with van der Waals surface area (Å²) >= 11 is 0. The van der Waals surface area contributed by atoms with Crippen LogP contribution in [0.25, 0.3) is 0 Å². The molecular weight excluding hydrogens is 316 g/mol. The number of hydrogen-bond donors (Lipinski definition) is 1. The van der Waals surface area contributed by atoms with Crippen LogP contribution in [-0.4, -0.2) is 46.2 Å². The minimum absolute atomic E-state index is 0.290. The smallest absolute Gasteiger partial charge is 0.128 e. The van der Waals surface area contributed by atoms with Gasteiger partial charge in [0.25, 0.3) is 0 Å². The fourth-order valence-corrected chi connectivity index (χ4v) is 3.18. The fourth-order valence-electron chi connectivity index (χ4n) is 3.18. The second-order valence-electron chi connectivity index (χ2n) is 6.11. The summed E-state index contributed by atoms with van der Waals surface area (Å²) in [6.45, 7) is 2.16. The van der Waals surface area contributed by atoms with Crippen LogP contribution < -0.4 is 0 Å². The summed E-state index contributed by atoms with van der Waals surface area (Å²) in [7, 11) is 1.63. The molecule has 3 rings (SSSR count). The maximum atomic E-state index is 14.1. The van der Waals surface area contributed by atoms with Crippen molar-refractivity contribution in [3.63, 3.8) is 0 Å². The Hall–Kier alpha value is -1.83. The van der Waals surface area contributed by atoms with Crippen LogP contribution in [0.4, 0.5) is 8.78 Å². The van der Waals surface area contributed by atoms with Crippen molar-refractivity contribution in [2.45, 2.75) is 31.7 Å². The number of aromatic nitrogens is 2. The predicted octanol–water partition coefficient (Wildman–Crippen LogP) is 2.12. The van der Waals surface area contributed by atoms with Crippen LogP contribution >= 0.6 is 0 Å². The van der Waals surface area contributed by atoms with Crippen molar-refractivity contribution in [2.24, 2.45) is 0 Å². The summed E-state index contributed by atoms with van der Waals surface area (Å²) in [5.41, 5.74) is 1.25. The molecule has 1 aliphatic heterocycles. The zero-order chi connectivity index (χ0) is 17.1. The van der Waals surface area contributed by atoms with Crippen LogP contribution in [0.5, 0.6) is 0 Å². The van der Waals surface area contributed by atoms with Gasteiger partial charge in [0.05, 0.1) is 25.5 Å². The van der Waals surface area contributed by atoms with Gasteiger partial charge in [0.15, 0.2) is 0 Å². The normalized spacial score (nSPS) is 21.5. The third-order valence-corrected chi connectivity index (χ3v) is 4.30. The first-order chi connectivity index (χ1) is 11.6. The van der Waals surface area contributed by atoms with Gasteiger partial charge in [-0.3, -0.25) is 9.58 Å². The molecule has 1 N–H and O–H groups in total. The Balaban J connectivity index is 1.76. The predicted molar refractivity (Wildman–Crippen MR) is 84.2 cm³/mol. The lowest BCUT2D eigenvalue weighted by molar-refractivity contribution is 0.172. The standard InChI is InChI=1S/C17H21F2N3O2/c1-24-5-4-22-10-12(8-20-22)9-21-11-14(23)7-17(21)15-6-13(18)2-3-16(15)19/h2-3,6,8,10,14,17,23H,4-5,7,9,11H2,1H3. The minimum Gasteiger partial charge on any atom is -0.392 e. The lowest BCUT2D eigenvalue weighted by atomic mass is 10.0. The molecule has 2 unspecified atom stereocenters. The SMILES string of the molecule is COCCn1cc(CN2CC(O)CC2c2cc(F)ccc2F)cn1. The number of aliphatic hydroxyl groups excluding tert-OH is 1. The van der Waals surface area contributed by atoms with Crippen molar-refractivity contribution in [1.82, 2.24) is 14.7 Å². The van der Waals surface area contributed by atoms with Gasteiger partial charge in [-0.15, -0.1) is 0 Å². The van der Waals surface area contributed by atoms with E-state index in [0.717, 1.165) is 17.7 Å². The zero-order valence-electron chi connectivity index (χ0n) is 13.5. The van der Waals surface area contributed by atoms with Crippen molar-refractivity contribution in [1.29, 1.82) is 0 Å². The van der Waals surface area contributed by atoms with E-state index in [-0.39, 0.29) is 6.04 Å². The molecule has 0 radical (unpaired) electrons. The highest BCUT2D eigenvalue weighted by molar-refractivity contribution is 5.24. The number of aliphatic hydroxyl groups is 1. The first kappa shape index (κ1) is 17.0. The number of likely N-dealkylation sites (tertiary alicyclic amines) is 1. The molecule has 0 aliphatic carbocycles. The van der Waals surface area contributed by atoms with Gasteiger partial charge >= 0.3 is 0 Å². The van der Waals surface area contributed by atoms with E-state index in [2.05, 4.69) is 5.10 Å².